The quantitative estimate of drug-likeness (QED) is 0.847. The lowest BCUT2D eigenvalue weighted by molar-refractivity contribution is 0.567. The molecule has 1 rings (SSSR count). The highest BCUT2D eigenvalue weighted by atomic mass is 79.9. The van der Waals surface area contributed by atoms with Gasteiger partial charge < -0.3 is 5.32 Å². The van der Waals surface area contributed by atoms with Crippen molar-refractivity contribution in [1.82, 2.24) is 9.97 Å². The lowest BCUT2D eigenvalue weighted by Crippen LogP contribution is -2.15. The maximum absolute atomic E-state index is 4.26. The van der Waals surface area contributed by atoms with Gasteiger partial charge in [0.1, 0.15) is 12.1 Å². The molecule has 0 spiro atoms. The number of anilines is 1. The van der Waals surface area contributed by atoms with E-state index in [4.69, 9.17) is 0 Å². The van der Waals surface area contributed by atoms with E-state index in [-0.39, 0.29) is 5.41 Å². The maximum Gasteiger partial charge on any atom is 0.129 e. The van der Waals surface area contributed by atoms with E-state index in [9.17, 15) is 0 Å². The summed E-state index contributed by atoms with van der Waals surface area (Å²) in [6.45, 7) is 7.30. The summed E-state index contributed by atoms with van der Waals surface area (Å²) in [7, 11) is 0. The number of nitrogens with one attached hydrogen (secondary N) is 1. The van der Waals surface area contributed by atoms with Gasteiger partial charge in [0.15, 0.2) is 0 Å². The van der Waals surface area contributed by atoms with Crippen LogP contribution in [0, 0.1) is 0 Å². The van der Waals surface area contributed by atoms with E-state index in [1.807, 2.05) is 6.07 Å². The van der Waals surface area contributed by atoms with E-state index in [0.717, 1.165) is 23.4 Å². The number of hydrogen-bond donors (Lipinski definition) is 1. The molecule has 0 aliphatic rings. The highest BCUT2D eigenvalue weighted by Gasteiger charge is 2.15. The third-order valence-corrected chi connectivity index (χ3v) is 2.23. The summed E-state index contributed by atoms with van der Waals surface area (Å²) >= 11 is 3.36. The summed E-state index contributed by atoms with van der Waals surface area (Å²) < 4.78 is 0. The van der Waals surface area contributed by atoms with Crippen LogP contribution in [0.3, 0.4) is 0 Å². The number of hydrogen-bond acceptors (Lipinski definition) is 3. The lowest BCUT2D eigenvalue weighted by atomic mass is 9.92. The monoisotopic (exact) mass is 257 g/mol. The van der Waals surface area contributed by atoms with Crippen molar-refractivity contribution in [2.75, 3.05) is 17.2 Å². The number of rotatable bonds is 3. The molecular weight excluding hydrogens is 242 g/mol. The Morgan fingerprint density at radius 2 is 2.07 bits per heavy atom. The molecule has 1 aromatic rings. The maximum atomic E-state index is 4.26. The van der Waals surface area contributed by atoms with Crippen LogP contribution in [0.4, 0.5) is 5.82 Å². The summed E-state index contributed by atoms with van der Waals surface area (Å²) in [6.07, 6.45) is 1.61. The Hall–Kier alpha value is -0.640. The molecule has 3 nitrogen and oxygen atoms in total. The molecule has 0 amide bonds. The first-order valence-corrected chi connectivity index (χ1v) is 5.78. The zero-order valence-corrected chi connectivity index (χ0v) is 10.4. The SMILES string of the molecule is CC(C)(C)c1cc(NCCBr)ncn1. The van der Waals surface area contributed by atoms with Crippen LogP contribution >= 0.6 is 15.9 Å². The van der Waals surface area contributed by atoms with E-state index in [1.165, 1.54) is 0 Å². The minimum absolute atomic E-state index is 0.0772. The third kappa shape index (κ3) is 3.25. The van der Waals surface area contributed by atoms with Crippen LogP contribution in [0.15, 0.2) is 12.4 Å². The van der Waals surface area contributed by atoms with Crippen molar-refractivity contribution in [2.24, 2.45) is 0 Å². The molecule has 0 aliphatic carbocycles. The Kier molecular flexibility index (Phi) is 3.86. The Labute approximate surface area is 93.5 Å². The molecule has 4 heteroatoms. The normalized spacial score (nSPS) is 11.4. The average Bonchev–Trinajstić information content (AvgIpc) is 2.14. The van der Waals surface area contributed by atoms with Gasteiger partial charge in [0.05, 0.1) is 5.69 Å². The van der Waals surface area contributed by atoms with Crippen LogP contribution in [0.1, 0.15) is 26.5 Å². The molecule has 14 heavy (non-hydrogen) atoms. The molecule has 0 saturated carbocycles. The molecule has 0 aromatic carbocycles. The number of nitrogens with zero attached hydrogens (tertiary/aromatic N) is 2. The summed E-state index contributed by atoms with van der Waals surface area (Å²) in [6, 6.07) is 2.00. The fourth-order valence-corrected chi connectivity index (χ4v) is 1.24. The zero-order valence-electron chi connectivity index (χ0n) is 8.84. The Morgan fingerprint density at radius 1 is 1.36 bits per heavy atom. The Morgan fingerprint density at radius 3 is 2.64 bits per heavy atom. The average molecular weight is 258 g/mol. The molecule has 78 valence electrons. The van der Waals surface area contributed by atoms with Crippen molar-refractivity contribution < 1.29 is 0 Å². The van der Waals surface area contributed by atoms with E-state index in [1.54, 1.807) is 6.33 Å². The van der Waals surface area contributed by atoms with Gasteiger partial charge in [-0.15, -0.1) is 0 Å². The van der Waals surface area contributed by atoms with Gasteiger partial charge in [0.2, 0.25) is 0 Å². The zero-order chi connectivity index (χ0) is 10.6. The topological polar surface area (TPSA) is 37.8 Å². The van der Waals surface area contributed by atoms with Gasteiger partial charge in [-0.05, 0) is 0 Å². The molecule has 0 saturated heterocycles. The molecule has 0 bridgehead atoms. The molecule has 1 aromatic heterocycles. The summed E-state index contributed by atoms with van der Waals surface area (Å²) in [5.74, 6) is 0.893. The van der Waals surface area contributed by atoms with Crippen LogP contribution < -0.4 is 5.32 Å². The molecule has 0 atom stereocenters. The Bertz CT molecular complexity index is 294. The largest absolute Gasteiger partial charge is 0.369 e. The molecule has 1 heterocycles. The van der Waals surface area contributed by atoms with E-state index < -0.39 is 0 Å². The molecule has 0 fully saturated rings. The highest BCUT2D eigenvalue weighted by Crippen LogP contribution is 2.20. The first-order valence-electron chi connectivity index (χ1n) is 4.66. The summed E-state index contributed by atoms with van der Waals surface area (Å²) in [5.41, 5.74) is 1.14. The van der Waals surface area contributed by atoms with Gasteiger partial charge in [-0.25, -0.2) is 9.97 Å². The van der Waals surface area contributed by atoms with Crippen molar-refractivity contribution in [3.63, 3.8) is 0 Å². The van der Waals surface area contributed by atoms with E-state index in [2.05, 4.69) is 52.0 Å². The van der Waals surface area contributed by atoms with Crippen molar-refractivity contribution >= 4 is 21.7 Å². The standard InChI is InChI=1S/C10H16BrN3/c1-10(2,3)8-6-9(12-5-4-11)14-7-13-8/h6-7H,4-5H2,1-3H3,(H,12,13,14). The van der Waals surface area contributed by atoms with Gasteiger partial charge in [0, 0.05) is 23.4 Å². The fourth-order valence-electron chi connectivity index (χ4n) is 1.04. The number of alkyl halides is 1. The van der Waals surface area contributed by atoms with Crippen LogP contribution in [0.5, 0.6) is 0 Å². The van der Waals surface area contributed by atoms with Crippen LogP contribution in [-0.4, -0.2) is 21.8 Å². The molecule has 1 N–H and O–H groups in total. The number of halogens is 1. The third-order valence-electron chi connectivity index (χ3n) is 1.84. The van der Waals surface area contributed by atoms with E-state index in [0.29, 0.717) is 0 Å². The second-order valence-corrected chi connectivity index (χ2v) is 4.95. The lowest BCUT2D eigenvalue weighted by Gasteiger charge is -2.17. The van der Waals surface area contributed by atoms with Crippen molar-refractivity contribution in [1.29, 1.82) is 0 Å². The first kappa shape index (κ1) is 11.4. The molecule has 0 unspecified atom stereocenters. The van der Waals surface area contributed by atoms with E-state index >= 15 is 0 Å². The minimum atomic E-state index is 0.0772. The van der Waals surface area contributed by atoms with Gasteiger partial charge in [-0.1, -0.05) is 36.7 Å². The second-order valence-electron chi connectivity index (χ2n) is 4.15. The van der Waals surface area contributed by atoms with Crippen molar-refractivity contribution in [3.05, 3.63) is 18.1 Å². The number of aromatic nitrogens is 2. The van der Waals surface area contributed by atoms with Crippen molar-refractivity contribution in [2.45, 2.75) is 26.2 Å². The fraction of sp³-hybridized carbons (Fsp3) is 0.600. The second kappa shape index (κ2) is 4.73. The predicted molar refractivity (Wildman–Crippen MR) is 63.0 cm³/mol. The van der Waals surface area contributed by atoms with Gasteiger partial charge in [0.25, 0.3) is 0 Å². The predicted octanol–water partition coefficient (Wildman–Crippen LogP) is 2.58. The summed E-state index contributed by atoms with van der Waals surface area (Å²) in [4.78, 5) is 8.40. The van der Waals surface area contributed by atoms with Crippen LogP contribution in [0.25, 0.3) is 0 Å². The molecule has 0 radical (unpaired) electrons. The van der Waals surface area contributed by atoms with Crippen LogP contribution in [0.2, 0.25) is 0 Å². The summed E-state index contributed by atoms with van der Waals surface area (Å²) in [5, 5.41) is 4.13. The first-order chi connectivity index (χ1) is 6.54. The van der Waals surface area contributed by atoms with Gasteiger partial charge >= 0.3 is 0 Å². The highest BCUT2D eigenvalue weighted by molar-refractivity contribution is 9.09. The van der Waals surface area contributed by atoms with Crippen molar-refractivity contribution in [3.8, 4) is 0 Å². The minimum Gasteiger partial charge on any atom is -0.369 e. The van der Waals surface area contributed by atoms with Crippen LogP contribution in [-0.2, 0) is 5.41 Å². The molecular formula is C10H16BrN3. The smallest absolute Gasteiger partial charge is 0.129 e. The Balaban J connectivity index is 2.79. The van der Waals surface area contributed by atoms with Gasteiger partial charge in [-0.2, -0.15) is 0 Å². The molecule has 0 aliphatic heterocycles. The van der Waals surface area contributed by atoms with Gasteiger partial charge in [-0.3, -0.25) is 0 Å².